The average molecular weight is 375 g/mol. The van der Waals surface area contributed by atoms with Gasteiger partial charge < -0.3 is 5.32 Å². The monoisotopic (exact) mass is 375 g/mol. The zero-order valence-corrected chi connectivity index (χ0v) is 16.0. The number of rotatable bonds is 9. The lowest BCUT2D eigenvalue weighted by Crippen LogP contribution is -2.32. The highest BCUT2D eigenvalue weighted by Gasteiger charge is 2.23. The zero-order chi connectivity index (χ0) is 19.0. The highest BCUT2D eigenvalue weighted by Crippen LogP contribution is 2.17. The quantitative estimate of drug-likeness (QED) is 0.731. The fraction of sp³-hybridized carbons (Fsp3) is 0.368. The van der Waals surface area contributed by atoms with Crippen LogP contribution in [0.3, 0.4) is 0 Å². The van der Waals surface area contributed by atoms with E-state index in [0.717, 1.165) is 18.4 Å². The summed E-state index contributed by atoms with van der Waals surface area (Å²) in [4.78, 5) is 16.4. The largest absolute Gasteiger partial charge is 0.348 e. The summed E-state index contributed by atoms with van der Waals surface area (Å²) in [7, 11) is -3.53. The summed E-state index contributed by atoms with van der Waals surface area (Å²) >= 11 is 0. The number of benzene rings is 1. The van der Waals surface area contributed by atoms with Gasteiger partial charge in [-0.15, -0.1) is 0 Å². The first kappa shape index (κ1) is 20.1. The normalized spacial score (nSPS) is 11.5. The van der Waals surface area contributed by atoms with Gasteiger partial charge >= 0.3 is 0 Å². The van der Waals surface area contributed by atoms with Crippen molar-refractivity contribution < 1.29 is 13.2 Å². The van der Waals surface area contributed by atoms with E-state index in [1.54, 1.807) is 24.5 Å². The van der Waals surface area contributed by atoms with E-state index in [2.05, 4.69) is 10.3 Å². The summed E-state index contributed by atoms with van der Waals surface area (Å²) in [5.41, 5.74) is 1.37. The highest BCUT2D eigenvalue weighted by molar-refractivity contribution is 7.89. The predicted octanol–water partition coefficient (Wildman–Crippen LogP) is 2.82. The van der Waals surface area contributed by atoms with Crippen molar-refractivity contribution in [3.05, 3.63) is 59.9 Å². The van der Waals surface area contributed by atoms with E-state index in [0.29, 0.717) is 25.2 Å². The van der Waals surface area contributed by atoms with Crippen LogP contribution in [-0.4, -0.2) is 36.7 Å². The molecule has 0 bridgehead atoms. The maximum atomic E-state index is 12.7. The van der Waals surface area contributed by atoms with Crippen molar-refractivity contribution in [2.24, 2.45) is 0 Å². The van der Waals surface area contributed by atoms with E-state index in [4.69, 9.17) is 0 Å². The van der Waals surface area contributed by atoms with Crippen LogP contribution in [0.2, 0.25) is 0 Å². The molecule has 7 heteroatoms. The van der Waals surface area contributed by atoms with Gasteiger partial charge in [0.15, 0.2) is 0 Å². The summed E-state index contributed by atoms with van der Waals surface area (Å²) in [6.45, 7) is 5.28. The van der Waals surface area contributed by atoms with Gasteiger partial charge in [0.1, 0.15) is 0 Å². The summed E-state index contributed by atoms with van der Waals surface area (Å²) < 4.78 is 26.9. The Bertz CT molecular complexity index is 800. The number of hydrogen-bond donors (Lipinski definition) is 1. The molecule has 1 amide bonds. The molecule has 1 heterocycles. The Labute approximate surface area is 155 Å². The number of carbonyl (C=O) groups excluding carboxylic acids is 1. The van der Waals surface area contributed by atoms with Gasteiger partial charge in [-0.05, 0) is 54.8 Å². The number of nitrogens with zero attached hydrogens (tertiary/aromatic N) is 2. The summed E-state index contributed by atoms with van der Waals surface area (Å²) in [5, 5.41) is 2.81. The van der Waals surface area contributed by atoms with Crippen molar-refractivity contribution in [1.82, 2.24) is 14.6 Å². The topological polar surface area (TPSA) is 79.4 Å². The molecule has 2 rings (SSSR count). The van der Waals surface area contributed by atoms with E-state index >= 15 is 0 Å². The van der Waals surface area contributed by atoms with E-state index in [1.165, 1.54) is 16.4 Å². The molecule has 0 saturated carbocycles. The van der Waals surface area contributed by atoms with Crippen molar-refractivity contribution in [1.29, 1.82) is 0 Å². The van der Waals surface area contributed by atoms with Crippen molar-refractivity contribution in [2.45, 2.75) is 38.1 Å². The van der Waals surface area contributed by atoms with Gasteiger partial charge in [0.25, 0.3) is 5.91 Å². The molecule has 0 unspecified atom stereocenters. The van der Waals surface area contributed by atoms with E-state index in [1.807, 2.05) is 26.0 Å². The predicted molar refractivity (Wildman–Crippen MR) is 101 cm³/mol. The fourth-order valence-electron chi connectivity index (χ4n) is 2.56. The molecule has 0 aliphatic carbocycles. The molecule has 1 N–H and O–H groups in total. The third kappa shape index (κ3) is 5.12. The van der Waals surface area contributed by atoms with Crippen LogP contribution in [0.15, 0.2) is 53.7 Å². The van der Waals surface area contributed by atoms with Crippen LogP contribution in [0.1, 0.15) is 42.6 Å². The van der Waals surface area contributed by atoms with Crippen LogP contribution >= 0.6 is 0 Å². The number of hydrogen-bond acceptors (Lipinski definition) is 4. The summed E-state index contributed by atoms with van der Waals surface area (Å²) in [6.07, 6.45) is 4.85. The average Bonchev–Trinajstić information content (AvgIpc) is 2.67. The molecule has 0 fully saturated rings. The third-order valence-electron chi connectivity index (χ3n) is 3.90. The van der Waals surface area contributed by atoms with Crippen LogP contribution in [0, 0.1) is 0 Å². The highest BCUT2D eigenvalue weighted by atomic mass is 32.2. The van der Waals surface area contributed by atoms with Crippen molar-refractivity contribution >= 4 is 15.9 Å². The number of sulfonamides is 1. The minimum atomic E-state index is -3.53. The summed E-state index contributed by atoms with van der Waals surface area (Å²) in [5.74, 6) is -0.246. The number of nitrogens with one attached hydrogen (secondary N) is 1. The Hall–Kier alpha value is -2.25. The molecule has 2 aromatic rings. The van der Waals surface area contributed by atoms with E-state index in [9.17, 15) is 13.2 Å². The second-order valence-electron chi connectivity index (χ2n) is 5.97. The molecular formula is C19H25N3O3S. The Kier molecular flexibility index (Phi) is 7.29. The Balaban J connectivity index is 2.07. The van der Waals surface area contributed by atoms with E-state index in [-0.39, 0.29) is 10.8 Å². The molecule has 26 heavy (non-hydrogen) atoms. The molecule has 0 aliphatic rings. The maximum absolute atomic E-state index is 12.7. The lowest BCUT2D eigenvalue weighted by atomic mass is 10.2. The number of amides is 1. The van der Waals surface area contributed by atoms with Crippen molar-refractivity contribution in [3.63, 3.8) is 0 Å². The third-order valence-corrected chi connectivity index (χ3v) is 5.82. The summed E-state index contributed by atoms with van der Waals surface area (Å²) in [6, 6.07) is 9.73. The molecule has 0 aliphatic heterocycles. The van der Waals surface area contributed by atoms with Crippen molar-refractivity contribution in [3.8, 4) is 0 Å². The molecule has 0 radical (unpaired) electrons. The molecule has 6 nitrogen and oxygen atoms in total. The first-order valence-corrected chi connectivity index (χ1v) is 10.2. The molecule has 0 saturated heterocycles. The Morgan fingerprint density at radius 1 is 1.00 bits per heavy atom. The van der Waals surface area contributed by atoms with Gasteiger partial charge in [-0.25, -0.2) is 8.42 Å². The van der Waals surface area contributed by atoms with Gasteiger partial charge in [-0.1, -0.05) is 13.8 Å². The van der Waals surface area contributed by atoms with Crippen LogP contribution in [-0.2, 0) is 16.6 Å². The Morgan fingerprint density at radius 3 is 2.12 bits per heavy atom. The maximum Gasteiger partial charge on any atom is 0.251 e. The van der Waals surface area contributed by atoms with Crippen LogP contribution in [0.4, 0.5) is 0 Å². The van der Waals surface area contributed by atoms with Gasteiger partial charge in [-0.2, -0.15) is 4.31 Å². The van der Waals surface area contributed by atoms with Gasteiger partial charge in [0.2, 0.25) is 10.0 Å². The number of carbonyl (C=O) groups is 1. The molecule has 140 valence electrons. The molecular weight excluding hydrogens is 350 g/mol. The SMILES string of the molecule is CCCN(CCC)S(=O)(=O)c1ccc(C(=O)NCc2ccncc2)cc1. The molecule has 0 spiro atoms. The second kappa shape index (κ2) is 9.45. The minimum Gasteiger partial charge on any atom is -0.348 e. The molecule has 0 atom stereocenters. The number of aromatic nitrogens is 1. The second-order valence-corrected chi connectivity index (χ2v) is 7.90. The number of pyridine rings is 1. The van der Waals surface area contributed by atoms with Gasteiger partial charge in [0.05, 0.1) is 4.90 Å². The standard InChI is InChI=1S/C19H25N3O3S/c1-3-13-22(14-4-2)26(24,25)18-7-5-17(6-8-18)19(23)21-15-16-9-11-20-12-10-16/h5-12H,3-4,13-15H2,1-2H3,(H,21,23). The smallest absolute Gasteiger partial charge is 0.251 e. The molecule has 1 aromatic heterocycles. The lowest BCUT2D eigenvalue weighted by Gasteiger charge is -2.21. The lowest BCUT2D eigenvalue weighted by molar-refractivity contribution is 0.0951. The van der Waals surface area contributed by atoms with Crippen LogP contribution < -0.4 is 5.32 Å². The minimum absolute atomic E-state index is 0.213. The molecule has 1 aromatic carbocycles. The zero-order valence-electron chi connectivity index (χ0n) is 15.2. The van der Waals surface area contributed by atoms with Gasteiger partial charge in [-0.3, -0.25) is 9.78 Å². The fourth-order valence-corrected chi connectivity index (χ4v) is 4.19. The van der Waals surface area contributed by atoms with Crippen LogP contribution in [0.5, 0.6) is 0 Å². The Morgan fingerprint density at radius 2 is 1.58 bits per heavy atom. The first-order valence-electron chi connectivity index (χ1n) is 8.76. The van der Waals surface area contributed by atoms with E-state index < -0.39 is 10.0 Å². The van der Waals surface area contributed by atoms with Crippen LogP contribution in [0.25, 0.3) is 0 Å². The van der Waals surface area contributed by atoms with Crippen molar-refractivity contribution in [2.75, 3.05) is 13.1 Å². The van der Waals surface area contributed by atoms with Gasteiger partial charge in [0, 0.05) is 37.6 Å². The first-order chi connectivity index (χ1) is 12.5.